The molecular formula is C40H80O4. The highest BCUT2D eigenvalue weighted by Gasteiger charge is 2.38. The molecule has 1 aliphatic rings. The maximum Gasteiger partial charge on any atom is 0.0638 e. The van der Waals surface area contributed by atoms with Crippen LogP contribution in [0.2, 0.25) is 0 Å². The van der Waals surface area contributed by atoms with Crippen molar-refractivity contribution in [1.82, 2.24) is 0 Å². The summed E-state index contributed by atoms with van der Waals surface area (Å²) in [6.07, 6.45) is 11.2. The second kappa shape index (κ2) is 21.7. The van der Waals surface area contributed by atoms with Crippen LogP contribution >= 0.6 is 0 Å². The van der Waals surface area contributed by atoms with Gasteiger partial charge in [0, 0.05) is 0 Å². The largest absolute Gasteiger partial charge is 0.377 e. The molecule has 264 valence electrons. The number of hydrogen-bond acceptors (Lipinski definition) is 4. The highest BCUT2D eigenvalue weighted by atomic mass is 16.5. The van der Waals surface area contributed by atoms with Crippen LogP contribution in [-0.4, -0.2) is 50.8 Å². The monoisotopic (exact) mass is 625 g/mol. The van der Waals surface area contributed by atoms with Crippen LogP contribution in [0, 0.1) is 52.8 Å². The van der Waals surface area contributed by atoms with E-state index in [1.54, 1.807) is 0 Å². The first-order chi connectivity index (χ1) is 20.5. The molecule has 0 heterocycles. The van der Waals surface area contributed by atoms with Crippen LogP contribution in [0.5, 0.6) is 0 Å². The topological polar surface area (TPSA) is 36.9 Å². The standard InChI is InChI=1S/C40H80O4/c1-28(2)15-36(16-29(3)4)41-24-40(25-42-37(17-30(5)6)18-31(7)8,26-43-38(19-32(9)10)20-33(11)12)27-44-39-22-34(13)21-35(14)23-39/h28-39H,15-27H2,1-14H3. The summed E-state index contributed by atoms with van der Waals surface area (Å²) in [7, 11) is 0. The second-order valence-corrected chi connectivity index (χ2v) is 17.9. The van der Waals surface area contributed by atoms with Gasteiger partial charge < -0.3 is 18.9 Å². The molecule has 4 heteroatoms. The van der Waals surface area contributed by atoms with E-state index in [0.29, 0.717) is 79.9 Å². The summed E-state index contributed by atoms with van der Waals surface area (Å²) < 4.78 is 27.8. The molecular weight excluding hydrogens is 544 g/mol. The third-order valence-electron chi connectivity index (χ3n) is 9.04. The molecule has 2 atom stereocenters. The van der Waals surface area contributed by atoms with Crippen molar-refractivity contribution in [2.24, 2.45) is 52.8 Å². The second-order valence-electron chi connectivity index (χ2n) is 17.9. The van der Waals surface area contributed by atoms with Crippen LogP contribution in [0.4, 0.5) is 0 Å². The molecule has 0 aromatic heterocycles. The van der Waals surface area contributed by atoms with Crippen molar-refractivity contribution in [3.05, 3.63) is 0 Å². The van der Waals surface area contributed by atoms with Gasteiger partial charge in [0.15, 0.2) is 0 Å². The molecule has 1 saturated carbocycles. The highest BCUT2D eigenvalue weighted by molar-refractivity contribution is 4.84. The van der Waals surface area contributed by atoms with Crippen LogP contribution in [0.25, 0.3) is 0 Å². The van der Waals surface area contributed by atoms with E-state index in [2.05, 4.69) is 96.9 Å². The lowest BCUT2D eigenvalue weighted by molar-refractivity contribution is -0.160. The van der Waals surface area contributed by atoms with E-state index in [1.165, 1.54) is 6.42 Å². The predicted molar refractivity (Wildman–Crippen MR) is 190 cm³/mol. The zero-order chi connectivity index (χ0) is 33.4. The van der Waals surface area contributed by atoms with Crippen LogP contribution in [0.1, 0.15) is 155 Å². The molecule has 0 radical (unpaired) electrons. The highest BCUT2D eigenvalue weighted by Crippen LogP contribution is 2.34. The van der Waals surface area contributed by atoms with E-state index in [4.69, 9.17) is 18.9 Å². The Balaban J connectivity index is 3.40. The van der Waals surface area contributed by atoms with Crippen LogP contribution in [0.3, 0.4) is 0 Å². The minimum atomic E-state index is -0.339. The third-order valence-corrected chi connectivity index (χ3v) is 9.04. The fraction of sp³-hybridized carbons (Fsp3) is 1.00. The molecule has 1 rings (SSSR count). The molecule has 0 aromatic rings. The first-order valence-electron chi connectivity index (χ1n) is 18.9. The van der Waals surface area contributed by atoms with Gasteiger partial charge in [-0.3, -0.25) is 0 Å². The molecule has 4 nitrogen and oxygen atoms in total. The lowest BCUT2D eigenvalue weighted by Crippen LogP contribution is -2.46. The van der Waals surface area contributed by atoms with Crippen molar-refractivity contribution in [3.8, 4) is 0 Å². The van der Waals surface area contributed by atoms with Crippen molar-refractivity contribution in [2.75, 3.05) is 26.4 Å². The summed E-state index contributed by atoms with van der Waals surface area (Å²) in [5.74, 6) is 5.04. The summed E-state index contributed by atoms with van der Waals surface area (Å²) in [4.78, 5) is 0. The first-order valence-corrected chi connectivity index (χ1v) is 18.9. The maximum absolute atomic E-state index is 6.96. The predicted octanol–water partition coefficient (Wildman–Crippen LogP) is 11.2. The Morgan fingerprint density at radius 1 is 0.432 bits per heavy atom. The molecule has 1 aliphatic carbocycles. The first kappa shape index (κ1) is 41.9. The molecule has 1 fully saturated rings. The maximum atomic E-state index is 6.96. The zero-order valence-corrected chi connectivity index (χ0v) is 32.3. The normalized spacial score (nSPS) is 20.4. The summed E-state index contributed by atoms with van der Waals surface area (Å²) in [5.41, 5.74) is -0.339. The Hall–Kier alpha value is -0.160. The van der Waals surface area contributed by atoms with Crippen molar-refractivity contribution < 1.29 is 18.9 Å². The van der Waals surface area contributed by atoms with E-state index < -0.39 is 0 Å². The van der Waals surface area contributed by atoms with E-state index >= 15 is 0 Å². The van der Waals surface area contributed by atoms with Gasteiger partial charge in [0.25, 0.3) is 0 Å². The van der Waals surface area contributed by atoms with Gasteiger partial charge in [0.05, 0.1) is 56.3 Å². The summed E-state index contributed by atoms with van der Waals surface area (Å²) in [6, 6.07) is 0. The fourth-order valence-electron chi connectivity index (χ4n) is 7.29. The van der Waals surface area contributed by atoms with Gasteiger partial charge in [-0.1, -0.05) is 96.9 Å². The zero-order valence-electron chi connectivity index (χ0n) is 32.3. The lowest BCUT2D eigenvalue weighted by atomic mass is 9.81. The Morgan fingerprint density at radius 2 is 0.705 bits per heavy atom. The minimum absolute atomic E-state index is 0.244. The molecule has 0 N–H and O–H groups in total. The van der Waals surface area contributed by atoms with E-state index in [9.17, 15) is 0 Å². The SMILES string of the molecule is CC(C)CC(CC(C)C)OCC(COC(CC(C)C)CC(C)C)(COC(CC(C)C)CC(C)C)COC1CC(C)CC(C)C1. The molecule has 0 spiro atoms. The van der Waals surface area contributed by atoms with Gasteiger partial charge in [-0.2, -0.15) is 0 Å². The smallest absolute Gasteiger partial charge is 0.0638 e. The summed E-state index contributed by atoms with van der Waals surface area (Å²) in [5, 5.41) is 0. The van der Waals surface area contributed by atoms with E-state index in [0.717, 1.165) is 51.4 Å². The molecule has 44 heavy (non-hydrogen) atoms. The quantitative estimate of drug-likeness (QED) is 0.107. The Morgan fingerprint density at radius 3 is 0.955 bits per heavy atom. The van der Waals surface area contributed by atoms with Gasteiger partial charge in [-0.05, 0) is 105 Å². The minimum Gasteiger partial charge on any atom is -0.377 e. The van der Waals surface area contributed by atoms with E-state index in [1.807, 2.05) is 0 Å². The molecule has 0 bridgehead atoms. The Bertz CT molecular complexity index is 590. The Labute approximate surface area is 276 Å². The number of ether oxygens (including phenoxy) is 4. The number of hydrogen-bond donors (Lipinski definition) is 0. The van der Waals surface area contributed by atoms with Crippen molar-refractivity contribution in [1.29, 1.82) is 0 Å². The van der Waals surface area contributed by atoms with Gasteiger partial charge in [0.2, 0.25) is 0 Å². The Kier molecular flexibility index (Phi) is 20.6. The van der Waals surface area contributed by atoms with Crippen LogP contribution in [-0.2, 0) is 18.9 Å². The van der Waals surface area contributed by atoms with Crippen LogP contribution < -0.4 is 0 Å². The lowest BCUT2D eigenvalue weighted by Gasteiger charge is -2.40. The molecule has 0 aromatic carbocycles. The average Bonchev–Trinajstić information content (AvgIpc) is 2.85. The third kappa shape index (κ3) is 19.5. The van der Waals surface area contributed by atoms with Gasteiger partial charge >= 0.3 is 0 Å². The van der Waals surface area contributed by atoms with Crippen molar-refractivity contribution in [3.63, 3.8) is 0 Å². The van der Waals surface area contributed by atoms with Gasteiger partial charge in [-0.25, -0.2) is 0 Å². The molecule has 0 aliphatic heterocycles. The van der Waals surface area contributed by atoms with Crippen molar-refractivity contribution >= 4 is 0 Å². The van der Waals surface area contributed by atoms with Crippen LogP contribution in [0.15, 0.2) is 0 Å². The van der Waals surface area contributed by atoms with E-state index in [-0.39, 0.29) is 23.7 Å². The van der Waals surface area contributed by atoms with Crippen molar-refractivity contribution in [2.45, 2.75) is 179 Å². The fourth-order valence-corrected chi connectivity index (χ4v) is 7.29. The van der Waals surface area contributed by atoms with Gasteiger partial charge in [0.1, 0.15) is 0 Å². The average molecular weight is 625 g/mol. The number of rotatable bonds is 24. The molecule has 0 amide bonds. The molecule has 2 unspecified atom stereocenters. The van der Waals surface area contributed by atoms with Gasteiger partial charge in [-0.15, -0.1) is 0 Å². The summed E-state index contributed by atoms with van der Waals surface area (Å²) >= 11 is 0. The molecule has 0 saturated heterocycles. The summed E-state index contributed by atoms with van der Waals surface area (Å²) in [6.45, 7) is 35.1.